The fourth-order valence-electron chi connectivity index (χ4n) is 3.89. The minimum Gasteiger partial charge on any atom is -0.489 e. The van der Waals surface area contributed by atoms with Gasteiger partial charge in [-0.2, -0.15) is 5.10 Å². The Labute approximate surface area is 213 Å². The van der Waals surface area contributed by atoms with Crippen LogP contribution in [0.4, 0.5) is 0 Å². The highest BCUT2D eigenvalue weighted by molar-refractivity contribution is 5.94. The van der Waals surface area contributed by atoms with Gasteiger partial charge in [-0.25, -0.2) is 5.43 Å². The maximum Gasteiger partial charge on any atom is 0.271 e. The van der Waals surface area contributed by atoms with Crippen molar-refractivity contribution in [3.05, 3.63) is 137 Å². The number of nitrogens with zero attached hydrogens (tertiary/aromatic N) is 1. The molecule has 0 fully saturated rings. The molecule has 4 aromatic rings. The monoisotopic (exact) mass is 476 g/mol. The average molecular weight is 477 g/mol. The molecule has 4 rings (SSSR count). The van der Waals surface area contributed by atoms with E-state index < -0.39 is 0 Å². The Hall–Kier alpha value is -4.18. The molecule has 0 saturated carbocycles. The third-order valence-corrected chi connectivity index (χ3v) is 6.05. The number of hydrogen-bond donors (Lipinski definition) is 1. The second-order valence-corrected chi connectivity index (χ2v) is 9.78. The predicted octanol–water partition coefficient (Wildman–Crippen LogP) is 7.11. The minimum atomic E-state index is -0.253. The summed E-state index contributed by atoms with van der Waals surface area (Å²) in [6.45, 7) is 7.01. The lowest BCUT2D eigenvalue weighted by Crippen LogP contribution is -2.18. The topological polar surface area (TPSA) is 50.7 Å². The van der Waals surface area contributed by atoms with Crippen LogP contribution in [0, 0.1) is 0 Å². The molecule has 0 radical (unpaired) electrons. The molecular weight excluding hydrogens is 444 g/mol. The third-order valence-electron chi connectivity index (χ3n) is 6.05. The lowest BCUT2D eigenvalue weighted by Gasteiger charge is -2.19. The molecule has 36 heavy (non-hydrogen) atoms. The van der Waals surface area contributed by atoms with Gasteiger partial charge in [-0.3, -0.25) is 4.79 Å². The number of carbonyl (C=O) groups excluding carboxylic acids is 1. The second-order valence-electron chi connectivity index (χ2n) is 9.78. The Balaban J connectivity index is 1.35. The van der Waals surface area contributed by atoms with E-state index in [9.17, 15) is 4.79 Å². The van der Waals surface area contributed by atoms with Crippen LogP contribution >= 0.6 is 0 Å². The molecule has 4 aromatic carbocycles. The summed E-state index contributed by atoms with van der Waals surface area (Å²) in [7, 11) is 0. The van der Waals surface area contributed by atoms with Gasteiger partial charge in [0.15, 0.2) is 0 Å². The molecule has 0 spiro atoms. The van der Waals surface area contributed by atoms with E-state index in [1.54, 1.807) is 18.3 Å². The minimum absolute atomic E-state index is 0.0512. The lowest BCUT2D eigenvalue weighted by atomic mass is 9.87. The number of carbonyl (C=O) groups is 1. The molecule has 4 nitrogen and oxygen atoms in total. The third kappa shape index (κ3) is 6.70. The fourth-order valence-corrected chi connectivity index (χ4v) is 3.89. The summed E-state index contributed by atoms with van der Waals surface area (Å²) in [4.78, 5) is 12.6. The number of amides is 1. The molecule has 0 saturated heterocycles. The summed E-state index contributed by atoms with van der Waals surface area (Å²) in [6, 6.07) is 35.8. The Kier molecular flexibility index (Phi) is 7.96. The van der Waals surface area contributed by atoms with Gasteiger partial charge in [0, 0.05) is 17.7 Å². The molecule has 0 aromatic heterocycles. The van der Waals surface area contributed by atoms with E-state index in [2.05, 4.69) is 67.7 Å². The maximum absolute atomic E-state index is 12.6. The molecule has 1 N–H and O–H groups in total. The van der Waals surface area contributed by atoms with E-state index in [0.717, 1.165) is 22.4 Å². The van der Waals surface area contributed by atoms with Crippen molar-refractivity contribution in [1.82, 2.24) is 5.43 Å². The summed E-state index contributed by atoms with van der Waals surface area (Å²) in [5.41, 5.74) is 7.80. The van der Waals surface area contributed by atoms with E-state index in [1.807, 2.05) is 60.7 Å². The van der Waals surface area contributed by atoms with Gasteiger partial charge in [0.2, 0.25) is 0 Å². The highest BCUT2D eigenvalue weighted by atomic mass is 16.5. The zero-order valence-corrected chi connectivity index (χ0v) is 21.0. The number of ether oxygens (including phenoxy) is 1. The first kappa shape index (κ1) is 24.9. The molecule has 1 amide bonds. The van der Waals surface area contributed by atoms with Gasteiger partial charge in [0.1, 0.15) is 12.4 Å². The number of hydrogen-bond acceptors (Lipinski definition) is 3. The number of benzene rings is 4. The van der Waals surface area contributed by atoms with Crippen LogP contribution in [0.2, 0.25) is 0 Å². The van der Waals surface area contributed by atoms with Crippen LogP contribution in [0.3, 0.4) is 0 Å². The Bertz CT molecular complexity index is 1230. The largest absolute Gasteiger partial charge is 0.489 e. The molecule has 0 atom stereocenters. The number of nitrogens with one attached hydrogen (secondary N) is 1. The van der Waals surface area contributed by atoms with Crippen LogP contribution in [0.1, 0.15) is 59.3 Å². The van der Waals surface area contributed by atoms with E-state index >= 15 is 0 Å². The van der Waals surface area contributed by atoms with Crippen LogP contribution in [0.5, 0.6) is 5.75 Å². The van der Waals surface area contributed by atoms with Crippen molar-refractivity contribution >= 4 is 12.1 Å². The molecule has 182 valence electrons. The van der Waals surface area contributed by atoms with E-state index in [-0.39, 0.29) is 17.2 Å². The number of hydrazone groups is 1. The van der Waals surface area contributed by atoms with Crippen LogP contribution in [-0.2, 0) is 12.0 Å². The summed E-state index contributed by atoms with van der Waals surface area (Å²) < 4.78 is 5.91. The summed E-state index contributed by atoms with van der Waals surface area (Å²) in [5.74, 6) is 0.520. The molecule has 0 aliphatic carbocycles. The van der Waals surface area contributed by atoms with Crippen LogP contribution in [0.25, 0.3) is 0 Å². The first-order valence-corrected chi connectivity index (χ1v) is 12.2. The van der Waals surface area contributed by atoms with Crippen molar-refractivity contribution in [2.24, 2.45) is 5.10 Å². The van der Waals surface area contributed by atoms with Crippen molar-refractivity contribution in [2.45, 2.75) is 38.7 Å². The van der Waals surface area contributed by atoms with Crippen molar-refractivity contribution in [2.75, 3.05) is 0 Å². The van der Waals surface area contributed by atoms with Gasteiger partial charge in [-0.05, 0) is 51.9 Å². The molecule has 0 aliphatic heterocycles. The quantitative estimate of drug-likeness (QED) is 0.218. The predicted molar refractivity (Wildman–Crippen MR) is 147 cm³/mol. The summed E-state index contributed by atoms with van der Waals surface area (Å²) in [5, 5.41) is 4.27. The van der Waals surface area contributed by atoms with Gasteiger partial charge in [-0.1, -0.05) is 106 Å². The van der Waals surface area contributed by atoms with Crippen LogP contribution in [0.15, 0.2) is 114 Å². The van der Waals surface area contributed by atoms with Gasteiger partial charge < -0.3 is 4.74 Å². The van der Waals surface area contributed by atoms with Crippen molar-refractivity contribution in [3.63, 3.8) is 0 Å². The van der Waals surface area contributed by atoms with Crippen LogP contribution in [-0.4, -0.2) is 12.1 Å². The zero-order valence-electron chi connectivity index (χ0n) is 21.0. The molecule has 0 heterocycles. The fraction of sp³-hybridized carbons (Fsp3) is 0.188. The van der Waals surface area contributed by atoms with Gasteiger partial charge in [0.05, 0.1) is 0 Å². The first-order chi connectivity index (χ1) is 17.4. The molecular formula is C32H32N2O2. The molecule has 0 unspecified atom stereocenters. The van der Waals surface area contributed by atoms with Crippen molar-refractivity contribution in [3.8, 4) is 5.75 Å². The maximum atomic E-state index is 12.6. The SMILES string of the molecule is CC(C)(C)c1ccc(OCc2ccc(C(=O)NN=CC(c3ccccc3)c3ccccc3)cc2)cc1. The van der Waals surface area contributed by atoms with Gasteiger partial charge >= 0.3 is 0 Å². The Morgan fingerprint density at radius 3 is 1.89 bits per heavy atom. The number of rotatable bonds is 8. The average Bonchev–Trinajstić information content (AvgIpc) is 2.91. The molecule has 0 bridgehead atoms. The van der Waals surface area contributed by atoms with Gasteiger partial charge in [0.25, 0.3) is 5.91 Å². The van der Waals surface area contributed by atoms with E-state index in [1.165, 1.54) is 5.56 Å². The smallest absolute Gasteiger partial charge is 0.271 e. The molecule has 0 aliphatic rings. The standard InChI is InChI=1S/C32H32N2O2/c1-32(2,3)28-18-20-29(21-19-28)36-23-24-14-16-27(17-15-24)31(35)34-33-22-30(25-10-6-4-7-11-25)26-12-8-5-9-13-26/h4-22,30H,23H2,1-3H3,(H,34,35). The van der Waals surface area contributed by atoms with Gasteiger partial charge in [-0.15, -0.1) is 0 Å². The highest BCUT2D eigenvalue weighted by Gasteiger charge is 2.13. The second kappa shape index (κ2) is 11.5. The van der Waals surface area contributed by atoms with Crippen molar-refractivity contribution < 1.29 is 9.53 Å². The van der Waals surface area contributed by atoms with E-state index in [4.69, 9.17) is 4.74 Å². The lowest BCUT2D eigenvalue weighted by molar-refractivity contribution is 0.0955. The zero-order chi connectivity index (χ0) is 25.4. The molecule has 4 heteroatoms. The summed E-state index contributed by atoms with van der Waals surface area (Å²) >= 11 is 0. The normalized spacial score (nSPS) is 11.6. The first-order valence-electron chi connectivity index (χ1n) is 12.2. The van der Waals surface area contributed by atoms with E-state index in [0.29, 0.717) is 12.2 Å². The Morgan fingerprint density at radius 1 is 0.806 bits per heavy atom. The Morgan fingerprint density at radius 2 is 1.36 bits per heavy atom. The summed E-state index contributed by atoms with van der Waals surface area (Å²) in [6.07, 6.45) is 1.77. The highest BCUT2D eigenvalue weighted by Crippen LogP contribution is 2.25. The van der Waals surface area contributed by atoms with Crippen molar-refractivity contribution in [1.29, 1.82) is 0 Å². The van der Waals surface area contributed by atoms with Crippen LogP contribution < -0.4 is 10.2 Å².